The molecule has 0 heterocycles. The maximum absolute atomic E-state index is 8.28. The standard InChI is InChI=1S/C6H4N5.ClH/c7-9-5-1-3-6(4-2-5)10-11-8;/h1-4H;1H/q+1;/p-1. The second-order valence-electron chi connectivity index (χ2n) is 1.81. The van der Waals surface area contributed by atoms with Crippen molar-refractivity contribution in [3.63, 3.8) is 0 Å². The lowest BCUT2D eigenvalue weighted by molar-refractivity contribution is -0.00000253. The van der Waals surface area contributed by atoms with Crippen LogP contribution in [0.5, 0.6) is 0 Å². The predicted octanol–water partition coefficient (Wildman–Crippen LogP) is 0.117. The van der Waals surface area contributed by atoms with Crippen LogP contribution in [0.25, 0.3) is 15.4 Å². The van der Waals surface area contributed by atoms with Gasteiger partial charge in [0.2, 0.25) is 5.39 Å². The lowest BCUT2D eigenvalue weighted by Gasteiger charge is -1.82. The summed E-state index contributed by atoms with van der Waals surface area (Å²) in [6.45, 7) is 0. The topological polar surface area (TPSA) is 76.9 Å². The third kappa shape index (κ3) is 2.46. The Labute approximate surface area is 74.7 Å². The summed E-state index contributed by atoms with van der Waals surface area (Å²) in [4.78, 5) is 5.53. The fraction of sp³-hybridized carbons (Fsp3) is 0. The molecule has 0 bridgehead atoms. The third-order valence-corrected chi connectivity index (χ3v) is 1.13. The number of azide groups is 1. The Morgan fingerprint density at radius 2 is 1.83 bits per heavy atom. The van der Waals surface area contributed by atoms with Crippen LogP contribution in [0.4, 0.5) is 11.4 Å². The van der Waals surface area contributed by atoms with Gasteiger partial charge in [-0.05, 0) is 17.7 Å². The predicted molar refractivity (Wildman–Crippen MR) is 40.0 cm³/mol. The van der Waals surface area contributed by atoms with Gasteiger partial charge in [-0.1, -0.05) is 5.11 Å². The monoisotopic (exact) mass is 181 g/mol. The van der Waals surface area contributed by atoms with Crippen molar-refractivity contribution in [2.45, 2.75) is 0 Å². The molecule has 0 unspecified atom stereocenters. The third-order valence-electron chi connectivity index (χ3n) is 1.13. The summed E-state index contributed by atoms with van der Waals surface area (Å²) in [6, 6.07) is 6.22. The molecular formula is C6H4ClN5. The van der Waals surface area contributed by atoms with E-state index in [9.17, 15) is 0 Å². The van der Waals surface area contributed by atoms with Gasteiger partial charge in [-0.3, -0.25) is 0 Å². The van der Waals surface area contributed by atoms with Crippen LogP contribution in [0.15, 0.2) is 29.4 Å². The van der Waals surface area contributed by atoms with E-state index >= 15 is 0 Å². The van der Waals surface area contributed by atoms with Gasteiger partial charge in [-0.25, -0.2) is 0 Å². The molecule has 1 aromatic rings. The van der Waals surface area contributed by atoms with E-state index in [0.29, 0.717) is 11.4 Å². The molecule has 1 aromatic carbocycles. The van der Waals surface area contributed by atoms with Crippen LogP contribution in [0.1, 0.15) is 0 Å². The minimum Gasteiger partial charge on any atom is -1.00 e. The van der Waals surface area contributed by atoms with E-state index in [4.69, 9.17) is 10.9 Å². The molecule has 60 valence electrons. The van der Waals surface area contributed by atoms with Crippen LogP contribution in [-0.4, -0.2) is 0 Å². The van der Waals surface area contributed by atoms with Crippen molar-refractivity contribution in [3.05, 3.63) is 39.7 Å². The average Bonchev–Trinajstić information content (AvgIpc) is 2.07. The lowest BCUT2D eigenvalue weighted by atomic mass is 10.3. The Balaban J connectivity index is 0.00000121. The SMILES string of the molecule is N#[N+]c1ccc(N=[N+]=[N-])cc1.[Cl-]. The average molecular weight is 182 g/mol. The highest BCUT2D eigenvalue weighted by molar-refractivity contribution is 5.50. The smallest absolute Gasteiger partial charge is 0.385 e. The van der Waals surface area contributed by atoms with Gasteiger partial charge in [0.1, 0.15) is 0 Å². The van der Waals surface area contributed by atoms with Crippen molar-refractivity contribution >= 4 is 11.4 Å². The molecule has 0 aliphatic rings. The highest BCUT2D eigenvalue weighted by atomic mass is 35.5. The van der Waals surface area contributed by atoms with E-state index in [2.05, 4.69) is 15.0 Å². The summed E-state index contributed by atoms with van der Waals surface area (Å²) < 4.78 is 0. The van der Waals surface area contributed by atoms with Gasteiger partial charge in [0, 0.05) is 22.7 Å². The Morgan fingerprint density at radius 1 is 1.25 bits per heavy atom. The van der Waals surface area contributed by atoms with Gasteiger partial charge < -0.3 is 12.4 Å². The zero-order chi connectivity index (χ0) is 8.10. The van der Waals surface area contributed by atoms with Gasteiger partial charge in [-0.15, -0.1) is 0 Å². The molecule has 0 aliphatic carbocycles. The van der Waals surface area contributed by atoms with E-state index in [-0.39, 0.29) is 12.4 Å². The van der Waals surface area contributed by atoms with Crippen molar-refractivity contribution in [1.82, 2.24) is 0 Å². The van der Waals surface area contributed by atoms with Crippen molar-refractivity contribution in [3.8, 4) is 0 Å². The van der Waals surface area contributed by atoms with Crippen LogP contribution >= 0.6 is 0 Å². The zero-order valence-corrected chi connectivity index (χ0v) is 6.68. The minimum atomic E-state index is 0. The van der Waals surface area contributed by atoms with E-state index in [0.717, 1.165) is 0 Å². The lowest BCUT2D eigenvalue weighted by Crippen LogP contribution is -3.00. The molecule has 0 fully saturated rings. The fourth-order valence-corrected chi connectivity index (χ4v) is 0.638. The zero-order valence-electron chi connectivity index (χ0n) is 5.92. The summed E-state index contributed by atoms with van der Waals surface area (Å²) in [5, 5.41) is 11.6. The highest BCUT2D eigenvalue weighted by Crippen LogP contribution is 2.17. The van der Waals surface area contributed by atoms with Crippen molar-refractivity contribution in [2.24, 2.45) is 5.11 Å². The van der Waals surface area contributed by atoms with E-state index in [1.165, 1.54) is 0 Å². The molecule has 12 heavy (non-hydrogen) atoms. The first-order chi connectivity index (χ1) is 5.36. The first kappa shape index (κ1) is 10.2. The normalized spacial score (nSPS) is 7.25. The van der Waals surface area contributed by atoms with Gasteiger partial charge in [0.15, 0.2) is 4.98 Å². The molecule has 0 radical (unpaired) electrons. The van der Waals surface area contributed by atoms with E-state index < -0.39 is 0 Å². The molecule has 0 saturated heterocycles. The summed E-state index contributed by atoms with van der Waals surface area (Å²) in [7, 11) is 0. The van der Waals surface area contributed by atoms with Crippen molar-refractivity contribution in [2.75, 3.05) is 0 Å². The Bertz CT molecular complexity index is 332. The molecule has 0 saturated carbocycles. The molecule has 0 aromatic heterocycles. The first-order valence-electron chi connectivity index (χ1n) is 2.87. The minimum absolute atomic E-state index is 0. The van der Waals surface area contributed by atoms with Gasteiger partial charge in [0.25, 0.3) is 0 Å². The molecule has 6 heteroatoms. The second kappa shape index (κ2) is 4.97. The Hall–Kier alpha value is -1.76. The molecule has 0 spiro atoms. The number of hydrogen-bond acceptors (Lipinski definition) is 2. The van der Waals surface area contributed by atoms with Crippen LogP contribution in [0.2, 0.25) is 0 Å². The summed E-state index contributed by atoms with van der Waals surface area (Å²) in [5.41, 5.74) is 8.96. The van der Waals surface area contributed by atoms with E-state index in [1.807, 2.05) is 0 Å². The molecule has 0 amide bonds. The number of rotatable bonds is 1. The van der Waals surface area contributed by atoms with Crippen molar-refractivity contribution in [1.29, 1.82) is 5.39 Å². The summed E-state index contributed by atoms with van der Waals surface area (Å²) >= 11 is 0. The van der Waals surface area contributed by atoms with Crippen LogP contribution in [-0.2, 0) is 0 Å². The largest absolute Gasteiger partial charge is 1.00 e. The molecule has 0 N–H and O–H groups in total. The molecular weight excluding hydrogens is 178 g/mol. The number of hydrogen-bond donors (Lipinski definition) is 0. The molecule has 5 nitrogen and oxygen atoms in total. The number of diazo groups is 1. The van der Waals surface area contributed by atoms with Gasteiger partial charge >= 0.3 is 5.69 Å². The summed E-state index contributed by atoms with van der Waals surface area (Å²) in [5.74, 6) is 0. The molecule has 0 atom stereocenters. The van der Waals surface area contributed by atoms with Crippen LogP contribution < -0.4 is 12.4 Å². The Kier molecular flexibility index (Phi) is 4.24. The maximum Gasteiger partial charge on any atom is 0.385 e. The second-order valence-corrected chi connectivity index (χ2v) is 1.81. The highest BCUT2D eigenvalue weighted by Gasteiger charge is 2.00. The molecule has 1 rings (SSSR count). The quantitative estimate of drug-likeness (QED) is 0.262. The molecule has 0 aliphatic heterocycles. The van der Waals surface area contributed by atoms with Crippen LogP contribution in [0.3, 0.4) is 0 Å². The number of halogens is 1. The maximum atomic E-state index is 8.28. The van der Waals surface area contributed by atoms with E-state index in [1.54, 1.807) is 24.3 Å². The van der Waals surface area contributed by atoms with Gasteiger partial charge in [0.05, 0.1) is 0 Å². The first-order valence-corrected chi connectivity index (χ1v) is 2.87. The van der Waals surface area contributed by atoms with Crippen molar-refractivity contribution < 1.29 is 12.4 Å². The fourth-order valence-electron chi connectivity index (χ4n) is 0.638. The summed E-state index contributed by atoms with van der Waals surface area (Å²) in [6.07, 6.45) is 0. The van der Waals surface area contributed by atoms with Crippen LogP contribution in [0, 0.1) is 5.39 Å². The number of benzene rings is 1. The van der Waals surface area contributed by atoms with Gasteiger partial charge in [-0.2, -0.15) is 0 Å². The number of nitrogens with zero attached hydrogens (tertiary/aromatic N) is 5. The Morgan fingerprint density at radius 3 is 2.25 bits per heavy atom.